The summed E-state index contributed by atoms with van der Waals surface area (Å²) in [4.78, 5) is 33.0. The molecule has 0 fully saturated rings. The van der Waals surface area contributed by atoms with Crippen molar-refractivity contribution in [1.82, 2.24) is 9.97 Å². The zero-order chi connectivity index (χ0) is 19.4. The second-order valence-electron chi connectivity index (χ2n) is 5.69. The summed E-state index contributed by atoms with van der Waals surface area (Å²) >= 11 is 11.9. The van der Waals surface area contributed by atoms with Crippen molar-refractivity contribution in [3.05, 3.63) is 81.9 Å². The lowest BCUT2D eigenvalue weighted by molar-refractivity contribution is 0.101. The van der Waals surface area contributed by atoms with E-state index in [4.69, 9.17) is 23.2 Å². The molecule has 2 N–H and O–H groups in total. The minimum Gasteiger partial charge on any atom is -0.322 e. The Morgan fingerprint density at radius 2 is 1.48 bits per heavy atom. The van der Waals surface area contributed by atoms with E-state index in [1.165, 1.54) is 18.5 Å². The Labute approximate surface area is 165 Å². The third-order valence-electron chi connectivity index (χ3n) is 3.56. The Morgan fingerprint density at radius 3 is 2.15 bits per heavy atom. The molecule has 0 aliphatic rings. The maximum absolute atomic E-state index is 12.6. The van der Waals surface area contributed by atoms with Gasteiger partial charge in [0.05, 0.1) is 11.3 Å². The van der Waals surface area contributed by atoms with E-state index in [0.29, 0.717) is 21.4 Å². The molecule has 0 aliphatic heterocycles. The van der Waals surface area contributed by atoms with Crippen molar-refractivity contribution < 1.29 is 9.59 Å². The van der Waals surface area contributed by atoms with Crippen LogP contribution >= 0.6 is 23.2 Å². The van der Waals surface area contributed by atoms with Gasteiger partial charge < -0.3 is 10.6 Å². The van der Waals surface area contributed by atoms with Gasteiger partial charge in [-0.3, -0.25) is 9.59 Å². The second kappa shape index (κ2) is 8.16. The highest BCUT2D eigenvalue weighted by Gasteiger charge is 2.17. The second-order valence-corrected chi connectivity index (χ2v) is 6.56. The molecule has 0 bridgehead atoms. The molecule has 0 unspecified atom stereocenters. The van der Waals surface area contributed by atoms with E-state index in [-0.39, 0.29) is 11.4 Å². The molecule has 6 nitrogen and oxygen atoms in total. The van der Waals surface area contributed by atoms with E-state index < -0.39 is 11.8 Å². The molecule has 0 radical (unpaired) electrons. The van der Waals surface area contributed by atoms with Crippen molar-refractivity contribution in [2.75, 3.05) is 10.6 Å². The number of aromatic nitrogens is 2. The summed E-state index contributed by atoms with van der Waals surface area (Å²) in [6.45, 7) is 1.82. The van der Waals surface area contributed by atoms with E-state index in [1.807, 2.05) is 6.92 Å². The van der Waals surface area contributed by atoms with Crippen molar-refractivity contribution in [2.24, 2.45) is 0 Å². The van der Waals surface area contributed by atoms with Crippen LogP contribution in [0, 0.1) is 6.92 Å². The van der Waals surface area contributed by atoms with Crippen LogP contribution in [0.2, 0.25) is 10.0 Å². The molecule has 0 saturated heterocycles. The van der Waals surface area contributed by atoms with Gasteiger partial charge in [0.2, 0.25) is 5.82 Å². The van der Waals surface area contributed by atoms with Gasteiger partial charge in [-0.15, -0.1) is 0 Å². The van der Waals surface area contributed by atoms with Gasteiger partial charge in [-0.05, 0) is 55.0 Å². The van der Waals surface area contributed by atoms with Crippen LogP contribution in [0.4, 0.5) is 11.4 Å². The van der Waals surface area contributed by atoms with Gasteiger partial charge in [0.1, 0.15) is 0 Å². The summed E-state index contributed by atoms with van der Waals surface area (Å²) in [5.74, 6) is -0.961. The molecule has 0 atom stereocenters. The Bertz CT molecular complexity index is 990. The summed E-state index contributed by atoms with van der Waals surface area (Å²) in [6, 6.07) is 11.3. The lowest BCUT2D eigenvalue weighted by Crippen LogP contribution is -2.20. The fourth-order valence-electron chi connectivity index (χ4n) is 2.23. The first-order chi connectivity index (χ1) is 12.9. The van der Waals surface area contributed by atoms with Crippen LogP contribution in [0.15, 0.2) is 54.9 Å². The smallest absolute Gasteiger partial charge is 0.293 e. The fraction of sp³-hybridized carbons (Fsp3) is 0.0526. The predicted molar refractivity (Wildman–Crippen MR) is 106 cm³/mol. The van der Waals surface area contributed by atoms with E-state index in [2.05, 4.69) is 20.6 Å². The summed E-state index contributed by atoms with van der Waals surface area (Å²) in [7, 11) is 0. The average Bonchev–Trinajstić information content (AvgIpc) is 2.65. The number of nitrogens with one attached hydrogen (secondary N) is 2. The lowest BCUT2D eigenvalue weighted by atomic mass is 10.1. The Kier molecular flexibility index (Phi) is 5.69. The number of anilines is 2. The number of rotatable bonds is 4. The van der Waals surface area contributed by atoms with Crippen LogP contribution in [0.5, 0.6) is 0 Å². The maximum Gasteiger partial charge on any atom is 0.293 e. The maximum atomic E-state index is 12.6. The van der Waals surface area contributed by atoms with Gasteiger partial charge in [-0.2, -0.15) is 0 Å². The molecule has 0 spiro atoms. The highest BCUT2D eigenvalue weighted by Crippen LogP contribution is 2.23. The summed E-state index contributed by atoms with van der Waals surface area (Å²) in [5.41, 5.74) is 1.89. The Balaban J connectivity index is 1.83. The number of aryl methyl sites for hydroxylation is 1. The van der Waals surface area contributed by atoms with Gasteiger partial charge in [0.25, 0.3) is 11.8 Å². The molecule has 27 heavy (non-hydrogen) atoms. The summed E-state index contributed by atoms with van der Waals surface area (Å²) in [6.07, 6.45) is 3.08. The molecule has 1 heterocycles. The van der Waals surface area contributed by atoms with Gasteiger partial charge in [-0.1, -0.05) is 23.2 Å². The Hall–Kier alpha value is -2.96. The fourth-order valence-corrected chi connectivity index (χ4v) is 2.53. The van der Waals surface area contributed by atoms with Gasteiger partial charge >= 0.3 is 0 Å². The number of hydrogen-bond donors (Lipinski definition) is 2. The van der Waals surface area contributed by atoms with Gasteiger partial charge in [-0.25, -0.2) is 9.97 Å². The molecule has 2 amide bonds. The van der Waals surface area contributed by atoms with Crippen LogP contribution in [-0.4, -0.2) is 21.8 Å². The van der Waals surface area contributed by atoms with Crippen LogP contribution < -0.4 is 10.6 Å². The summed E-state index contributed by atoms with van der Waals surface area (Å²) in [5, 5.41) is 6.30. The minimum absolute atomic E-state index is 0.000362. The number of nitrogens with zero attached hydrogens (tertiary/aromatic N) is 2. The number of halogens is 2. The zero-order valence-electron chi connectivity index (χ0n) is 14.2. The largest absolute Gasteiger partial charge is 0.322 e. The van der Waals surface area contributed by atoms with E-state index in [0.717, 1.165) is 5.56 Å². The van der Waals surface area contributed by atoms with Crippen LogP contribution in [0.3, 0.4) is 0 Å². The molecule has 1 aromatic heterocycles. The first kappa shape index (κ1) is 18.8. The molecule has 0 aliphatic carbocycles. The molecular formula is C19H14Cl2N4O2. The average molecular weight is 401 g/mol. The van der Waals surface area contributed by atoms with Crippen molar-refractivity contribution in [1.29, 1.82) is 0 Å². The number of carbonyl (C=O) groups excluding carboxylic acids is 2. The van der Waals surface area contributed by atoms with Crippen LogP contribution in [0.1, 0.15) is 26.5 Å². The number of carbonyl (C=O) groups is 2. The normalized spacial score (nSPS) is 10.3. The molecule has 8 heteroatoms. The number of hydrogen-bond acceptors (Lipinski definition) is 4. The summed E-state index contributed by atoms with van der Waals surface area (Å²) < 4.78 is 0. The Morgan fingerprint density at radius 1 is 0.852 bits per heavy atom. The number of benzene rings is 2. The first-order valence-corrected chi connectivity index (χ1v) is 8.64. The van der Waals surface area contributed by atoms with Crippen LogP contribution in [0.25, 0.3) is 0 Å². The molecule has 2 aromatic carbocycles. The van der Waals surface area contributed by atoms with Crippen molar-refractivity contribution in [3.8, 4) is 0 Å². The zero-order valence-corrected chi connectivity index (χ0v) is 15.7. The standard InChI is InChI=1S/C19H14Cl2N4O2/c1-11-9-22-17(23-10-11)19(27)25-16-7-4-13(21)8-15(16)18(26)24-14-5-2-12(20)3-6-14/h2-10H,1H3,(H,24,26)(H,25,27). The van der Waals surface area contributed by atoms with E-state index >= 15 is 0 Å². The third-order valence-corrected chi connectivity index (χ3v) is 4.05. The van der Waals surface area contributed by atoms with Crippen LogP contribution in [-0.2, 0) is 0 Å². The minimum atomic E-state index is -0.530. The van der Waals surface area contributed by atoms with Crippen molar-refractivity contribution in [3.63, 3.8) is 0 Å². The van der Waals surface area contributed by atoms with Crippen molar-refractivity contribution >= 4 is 46.4 Å². The van der Waals surface area contributed by atoms with E-state index in [1.54, 1.807) is 36.4 Å². The third kappa shape index (κ3) is 4.81. The molecule has 3 rings (SSSR count). The highest BCUT2D eigenvalue weighted by atomic mass is 35.5. The molecule has 3 aromatic rings. The first-order valence-electron chi connectivity index (χ1n) is 7.89. The topological polar surface area (TPSA) is 84.0 Å². The molecule has 136 valence electrons. The SMILES string of the molecule is Cc1cnc(C(=O)Nc2ccc(Cl)cc2C(=O)Nc2ccc(Cl)cc2)nc1. The molecule has 0 saturated carbocycles. The van der Waals surface area contributed by atoms with Crippen molar-refractivity contribution in [2.45, 2.75) is 6.92 Å². The molecular weight excluding hydrogens is 387 g/mol. The number of amides is 2. The lowest BCUT2D eigenvalue weighted by Gasteiger charge is -2.12. The van der Waals surface area contributed by atoms with Gasteiger partial charge in [0, 0.05) is 28.1 Å². The highest BCUT2D eigenvalue weighted by molar-refractivity contribution is 6.31. The van der Waals surface area contributed by atoms with E-state index in [9.17, 15) is 9.59 Å². The quantitative estimate of drug-likeness (QED) is 0.670. The monoisotopic (exact) mass is 400 g/mol. The van der Waals surface area contributed by atoms with Gasteiger partial charge in [0.15, 0.2) is 0 Å². The predicted octanol–water partition coefficient (Wildman–Crippen LogP) is 4.60.